The van der Waals surface area contributed by atoms with Gasteiger partial charge in [-0.25, -0.2) is 4.79 Å². The fourth-order valence-corrected chi connectivity index (χ4v) is 2.96. The average Bonchev–Trinajstić information content (AvgIpc) is 3.26. The highest BCUT2D eigenvalue weighted by Crippen LogP contribution is 2.31. The van der Waals surface area contributed by atoms with Crippen LogP contribution >= 0.6 is 0 Å². The first kappa shape index (κ1) is 18.8. The molecular weight excluding hydrogens is 348 g/mol. The van der Waals surface area contributed by atoms with Gasteiger partial charge in [0.15, 0.2) is 17.3 Å². The predicted octanol–water partition coefficient (Wildman–Crippen LogP) is 2.90. The van der Waals surface area contributed by atoms with E-state index >= 15 is 0 Å². The molecule has 0 radical (unpaired) electrons. The van der Waals surface area contributed by atoms with Gasteiger partial charge in [0.05, 0.1) is 20.4 Å². The lowest BCUT2D eigenvalue weighted by molar-refractivity contribution is 0.355. The minimum absolute atomic E-state index is 0.456. The summed E-state index contributed by atoms with van der Waals surface area (Å²) in [6.45, 7) is 3.44. The van der Waals surface area contributed by atoms with E-state index in [9.17, 15) is 4.79 Å². The van der Waals surface area contributed by atoms with Crippen LogP contribution in [0, 0.1) is 6.92 Å². The van der Waals surface area contributed by atoms with E-state index < -0.39 is 5.76 Å². The molecule has 0 atom stereocenters. The summed E-state index contributed by atoms with van der Waals surface area (Å²) in [6, 6.07) is 5.39. The second kappa shape index (κ2) is 8.57. The van der Waals surface area contributed by atoms with Crippen LogP contribution in [0.4, 0.5) is 0 Å². The van der Waals surface area contributed by atoms with Crippen molar-refractivity contribution in [3.63, 3.8) is 0 Å². The summed E-state index contributed by atoms with van der Waals surface area (Å²) in [7, 11) is 3.15. The highest BCUT2D eigenvalue weighted by atomic mass is 16.5. The molecule has 2 heterocycles. The molecule has 0 saturated heterocycles. The van der Waals surface area contributed by atoms with Gasteiger partial charge < -0.3 is 9.47 Å². The second-order valence-corrected chi connectivity index (χ2v) is 6.33. The van der Waals surface area contributed by atoms with Gasteiger partial charge in [0.25, 0.3) is 0 Å². The van der Waals surface area contributed by atoms with Crippen LogP contribution in [-0.2, 0) is 13.1 Å². The van der Waals surface area contributed by atoms with Crippen LogP contribution in [0.5, 0.6) is 11.5 Å². The van der Waals surface area contributed by atoms with E-state index in [0.717, 1.165) is 36.9 Å². The van der Waals surface area contributed by atoms with Gasteiger partial charge in [-0.15, -0.1) is 0 Å². The van der Waals surface area contributed by atoms with E-state index in [1.54, 1.807) is 30.9 Å². The van der Waals surface area contributed by atoms with Crippen molar-refractivity contribution in [1.82, 2.24) is 19.5 Å². The number of aromatic nitrogens is 4. The number of nitrogens with zero attached hydrogens (tertiary/aromatic N) is 4. The van der Waals surface area contributed by atoms with Crippen LogP contribution in [0.3, 0.4) is 0 Å². The standard InChI is InChI=1S/C19H24N4O4/c1-14-12-20-22(13-14)9-5-4-6-10-23-18(21-27-19(23)24)15-7-8-16(25-2)17(11-15)26-3/h7-8,11-13H,4-6,9-10H2,1-3H3. The molecule has 0 unspecified atom stereocenters. The summed E-state index contributed by atoms with van der Waals surface area (Å²) in [5, 5.41) is 8.21. The molecular formula is C19H24N4O4. The zero-order valence-electron chi connectivity index (χ0n) is 15.8. The van der Waals surface area contributed by atoms with Crippen LogP contribution in [0.1, 0.15) is 24.8 Å². The molecule has 27 heavy (non-hydrogen) atoms. The smallest absolute Gasteiger partial charge is 0.441 e. The first-order valence-corrected chi connectivity index (χ1v) is 8.90. The monoisotopic (exact) mass is 372 g/mol. The molecule has 0 spiro atoms. The van der Waals surface area contributed by atoms with Gasteiger partial charge in [-0.1, -0.05) is 5.16 Å². The van der Waals surface area contributed by atoms with Crippen molar-refractivity contribution in [2.45, 2.75) is 39.3 Å². The van der Waals surface area contributed by atoms with Crippen molar-refractivity contribution < 1.29 is 14.0 Å². The van der Waals surface area contributed by atoms with E-state index in [1.165, 1.54) is 0 Å². The van der Waals surface area contributed by atoms with Crippen LogP contribution in [0.15, 0.2) is 39.9 Å². The van der Waals surface area contributed by atoms with Crippen molar-refractivity contribution in [2.75, 3.05) is 14.2 Å². The molecule has 0 N–H and O–H groups in total. The molecule has 0 aliphatic rings. The van der Waals surface area contributed by atoms with Gasteiger partial charge >= 0.3 is 5.76 Å². The third kappa shape index (κ3) is 4.39. The molecule has 0 bridgehead atoms. The van der Waals surface area contributed by atoms with Crippen molar-refractivity contribution in [3.05, 3.63) is 46.7 Å². The third-order valence-electron chi connectivity index (χ3n) is 4.36. The summed E-state index contributed by atoms with van der Waals surface area (Å²) < 4.78 is 18.9. The van der Waals surface area contributed by atoms with Crippen molar-refractivity contribution in [1.29, 1.82) is 0 Å². The quantitative estimate of drug-likeness (QED) is 0.537. The number of ether oxygens (including phenoxy) is 2. The average molecular weight is 372 g/mol. The molecule has 0 aliphatic carbocycles. The first-order chi connectivity index (χ1) is 13.1. The highest BCUT2D eigenvalue weighted by molar-refractivity contribution is 5.61. The maximum atomic E-state index is 12.0. The molecule has 8 nitrogen and oxygen atoms in total. The van der Waals surface area contributed by atoms with Gasteiger partial charge in [-0.2, -0.15) is 5.10 Å². The lowest BCUT2D eigenvalue weighted by Gasteiger charge is -2.09. The van der Waals surface area contributed by atoms with Gasteiger partial charge in [0, 0.05) is 24.8 Å². The minimum atomic E-state index is -0.456. The van der Waals surface area contributed by atoms with Gasteiger partial charge in [0.1, 0.15) is 0 Å². The topological polar surface area (TPSA) is 84.3 Å². The molecule has 1 aromatic carbocycles. The molecule has 0 amide bonds. The molecule has 2 aromatic heterocycles. The largest absolute Gasteiger partial charge is 0.493 e. The number of unbranched alkanes of at least 4 members (excludes halogenated alkanes) is 2. The van der Waals surface area contributed by atoms with Gasteiger partial charge in [-0.3, -0.25) is 13.8 Å². The van der Waals surface area contributed by atoms with Crippen LogP contribution in [0.25, 0.3) is 11.4 Å². The predicted molar refractivity (Wildman–Crippen MR) is 100 cm³/mol. The van der Waals surface area contributed by atoms with Crippen molar-refractivity contribution >= 4 is 0 Å². The number of hydrogen-bond acceptors (Lipinski definition) is 6. The lowest BCUT2D eigenvalue weighted by atomic mass is 10.1. The van der Waals surface area contributed by atoms with E-state index in [-0.39, 0.29) is 0 Å². The molecule has 0 saturated carbocycles. The normalized spacial score (nSPS) is 10.9. The van der Waals surface area contributed by atoms with E-state index in [0.29, 0.717) is 23.9 Å². The van der Waals surface area contributed by atoms with Crippen molar-refractivity contribution in [3.8, 4) is 22.9 Å². The Morgan fingerprint density at radius 1 is 1.07 bits per heavy atom. The number of hydrogen-bond donors (Lipinski definition) is 0. The minimum Gasteiger partial charge on any atom is -0.493 e. The van der Waals surface area contributed by atoms with Gasteiger partial charge in [-0.05, 0) is 49.9 Å². The Bertz CT molecular complexity index is 941. The SMILES string of the molecule is COc1ccc(-c2noc(=O)n2CCCCCn2cc(C)cn2)cc1OC. The summed E-state index contributed by atoms with van der Waals surface area (Å²) >= 11 is 0. The Morgan fingerprint density at radius 2 is 1.85 bits per heavy atom. The van der Waals surface area contributed by atoms with E-state index in [1.807, 2.05) is 30.1 Å². The maximum Gasteiger partial charge on any atom is 0.441 e. The summed E-state index contributed by atoms with van der Waals surface area (Å²) in [6.07, 6.45) is 6.70. The van der Waals surface area contributed by atoms with Crippen LogP contribution < -0.4 is 15.2 Å². The van der Waals surface area contributed by atoms with Crippen LogP contribution in [0.2, 0.25) is 0 Å². The zero-order valence-corrected chi connectivity index (χ0v) is 15.8. The second-order valence-electron chi connectivity index (χ2n) is 6.33. The maximum absolute atomic E-state index is 12.0. The Morgan fingerprint density at radius 3 is 2.56 bits per heavy atom. The van der Waals surface area contributed by atoms with Gasteiger partial charge in [0.2, 0.25) is 0 Å². The van der Waals surface area contributed by atoms with Crippen molar-refractivity contribution in [2.24, 2.45) is 0 Å². The highest BCUT2D eigenvalue weighted by Gasteiger charge is 2.15. The number of benzene rings is 1. The third-order valence-corrected chi connectivity index (χ3v) is 4.36. The molecule has 3 rings (SSSR count). The molecule has 8 heteroatoms. The first-order valence-electron chi connectivity index (χ1n) is 8.90. The molecule has 0 fully saturated rings. The van der Waals surface area contributed by atoms with E-state index in [4.69, 9.17) is 14.0 Å². The Hall–Kier alpha value is -3.03. The lowest BCUT2D eigenvalue weighted by Crippen LogP contribution is -2.15. The number of aryl methyl sites for hydroxylation is 2. The molecule has 3 aromatic rings. The Balaban J connectivity index is 1.63. The number of rotatable bonds is 9. The summed E-state index contributed by atoms with van der Waals surface area (Å²) in [5.41, 5.74) is 1.90. The zero-order chi connectivity index (χ0) is 19.2. The van der Waals surface area contributed by atoms with E-state index in [2.05, 4.69) is 10.3 Å². The molecule has 0 aliphatic heterocycles. The molecule has 144 valence electrons. The summed E-state index contributed by atoms with van der Waals surface area (Å²) in [5.74, 6) is 1.23. The van der Waals surface area contributed by atoms with Crippen LogP contribution in [-0.4, -0.2) is 33.7 Å². The Kier molecular flexibility index (Phi) is 5.95. The fraction of sp³-hybridized carbons (Fsp3) is 0.421. The Labute approximate surface area is 157 Å². The summed E-state index contributed by atoms with van der Waals surface area (Å²) in [4.78, 5) is 12.0. The number of methoxy groups -OCH3 is 2. The fourth-order valence-electron chi connectivity index (χ4n) is 2.96.